The summed E-state index contributed by atoms with van der Waals surface area (Å²) in [5.41, 5.74) is 1.62. The van der Waals surface area contributed by atoms with E-state index in [1.54, 1.807) is 42.5 Å². The van der Waals surface area contributed by atoms with Crippen molar-refractivity contribution >= 4 is 39.1 Å². The molecule has 1 aliphatic rings. The van der Waals surface area contributed by atoms with Crippen LogP contribution in [0.1, 0.15) is 56.1 Å². The second-order valence-corrected chi connectivity index (χ2v) is 13.4. The second-order valence-electron chi connectivity index (χ2n) is 11.1. The summed E-state index contributed by atoms with van der Waals surface area (Å²) in [7, 11) is -3.64. The van der Waals surface area contributed by atoms with Crippen LogP contribution in [0.5, 0.6) is 0 Å². The first-order valence-electron chi connectivity index (χ1n) is 14.7. The third-order valence-electron chi connectivity index (χ3n) is 7.79. The summed E-state index contributed by atoms with van der Waals surface area (Å²) in [6.45, 7) is -0.0363. The van der Waals surface area contributed by atoms with Crippen LogP contribution < -0.4 is 9.62 Å². The maximum absolute atomic E-state index is 14.9. The first-order chi connectivity index (χ1) is 20.6. The zero-order valence-corrected chi connectivity index (χ0v) is 26.0. The highest BCUT2D eigenvalue weighted by Gasteiger charge is 2.32. The van der Waals surface area contributed by atoms with E-state index in [4.69, 9.17) is 11.6 Å². The minimum absolute atomic E-state index is 0.0317. The molecule has 230 valence electrons. The third kappa shape index (κ3) is 9.53. The van der Waals surface area contributed by atoms with E-state index in [-0.39, 0.29) is 50.2 Å². The lowest BCUT2D eigenvalue weighted by molar-refractivity contribution is -0.141. The van der Waals surface area contributed by atoms with Crippen LogP contribution in [0.4, 0.5) is 10.1 Å². The molecule has 0 radical (unpaired) electrons. The van der Waals surface area contributed by atoms with Crippen molar-refractivity contribution in [3.63, 3.8) is 0 Å². The van der Waals surface area contributed by atoms with Gasteiger partial charge in [-0.1, -0.05) is 79.4 Å². The van der Waals surface area contributed by atoms with Crippen molar-refractivity contribution < 1.29 is 22.4 Å². The van der Waals surface area contributed by atoms with Gasteiger partial charge in [0.1, 0.15) is 11.9 Å². The van der Waals surface area contributed by atoms with Crippen LogP contribution in [0, 0.1) is 5.82 Å². The largest absolute Gasteiger partial charge is 0.352 e. The summed E-state index contributed by atoms with van der Waals surface area (Å²) in [4.78, 5) is 29.3. The number of benzene rings is 3. The van der Waals surface area contributed by atoms with E-state index in [1.807, 2.05) is 30.3 Å². The zero-order valence-electron chi connectivity index (χ0n) is 24.4. The standard InChI is InChI=1S/C33H39ClFN3O4S/c1-43(41,42)38(29-20-18-27(34)19-21-29)22-10-17-32(39)37(24-26-13-8-9-16-30(26)35)31(23-25-11-4-2-5-12-25)33(40)36-28-14-6-3-7-15-28/h2,4-5,8-9,11-13,16,18-21,28,31H,3,6-7,10,14-15,17,22-24H2,1H3,(H,36,40). The molecule has 1 aliphatic carbocycles. The molecule has 1 saturated carbocycles. The smallest absolute Gasteiger partial charge is 0.243 e. The number of hydrogen-bond acceptors (Lipinski definition) is 4. The van der Waals surface area contributed by atoms with E-state index in [1.165, 1.54) is 15.3 Å². The number of carbonyl (C=O) groups is 2. The number of carbonyl (C=O) groups excluding carboxylic acids is 2. The molecular weight excluding hydrogens is 589 g/mol. The van der Waals surface area contributed by atoms with Gasteiger partial charge in [0.15, 0.2) is 0 Å². The maximum atomic E-state index is 14.9. The highest BCUT2D eigenvalue weighted by atomic mass is 35.5. The van der Waals surface area contributed by atoms with E-state index in [0.29, 0.717) is 16.3 Å². The van der Waals surface area contributed by atoms with Crippen molar-refractivity contribution in [1.29, 1.82) is 0 Å². The van der Waals surface area contributed by atoms with Gasteiger partial charge in [-0.25, -0.2) is 12.8 Å². The van der Waals surface area contributed by atoms with E-state index in [0.717, 1.165) is 43.9 Å². The Morgan fingerprint density at radius 1 is 0.953 bits per heavy atom. The Morgan fingerprint density at radius 2 is 1.60 bits per heavy atom. The van der Waals surface area contributed by atoms with Gasteiger partial charge < -0.3 is 10.2 Å². The second kappa shape index (κ2) is 15.3. The van der Waals surface area contributed by atoms with Gasteiger partial charge in [-0.05, 0) is 55.2 Å². The Hall–Kier alpha value is -3.43. The van der Waals surface area contributed by atoms with Crippen molar-refractivity contribution in [2.24, 2.45) is 0 Å². The monoisotopic (exact) mass is 627 g/mol. The third-order valence-corrected chi connectivity index (χ3v) is 9.23. The van der Waals surface area contributed by atoms with Crippen LogP contribution in [-0.2, 0) is 32.6 Å². The summed E-state index contributed by atoms with van der Waals surface area (Å²) in [5, 5.41) is 3.65. The molecule has 0 aliphatic heterocycles. The van der Waals surface area contributed by atoms with Crippen LogP contribution in [-0.4, -0.2) is 50.0 Å². The van der Waals surface area contributed by atoms with Gasteiger partial charge in [-0.3, -0.25) is 13.9 Å². The molecule has 3 aromatic carbocycles. The highest BCUT2D eigenvalue weighted by molar-refractivity contribution is 7.92. The van der Waals surface area contributed by atoms with Gasteiger partial charge in [0, 0.05) is 42.6 Å². The van der Waals surface area contributed by atoms with Gasteiger partial charge in [-0.15, -0.1) is 0 Å². The molecule has 1 N–H and O–H groups in total. The molecule has 0 saturated heterocycles. The predicted molar refractivity (Wildman–Crippen MR) is 169 cm³/mol. The molecule has 0 bridgehead atoms. The molecule has 3 aromatic rings. The SMILES string of the molecule is CS(=O)(=O)N(CCCC(=O)N(Cc1ccccc1F)C(Cc1ccccc1)C(=O)NC1CCCCC1)c1ccc(Cl)cc1. The van der Waals surface area contributed by atoms with Gasteiger partial charge in [0.2, 0.25) is 21.8 Å². The Labute approximate surface area is 259 Å². The number of amides is 2. The number of halogens is 2. The van der Waals surface area contributed by atoms with Gasteiger partial charge in [0.05, 0.1) is 11.9 Å². The van der Waals surface area contributed by atoms with Crippen LogP contribution >= 0.6 is 11.6 Å². The summed E-state index contributed by atoms with van der Waals surface area (Å²) in [5.74, 6) is -1.08. The summed E-state index contributed by atoms with van der Waals surface area (Å²) in [6, 6.07) is 21.3. The first-order valence-corrected chi connectivity index (χ1v) is 16.9. The van der Waals surface area contributed by atoms with Crippen LogP contribution in [0.3, 0.4) is 0 Å². The Bertz CT molecular complexity index is 1460. The summed E-state index contributed by atoms with van der Waals surface area (Å²) >= 11 is 5.99. The minimum atomic E-state index is -3.64. The number of hydrogen-bond donors (Lipinski definition) is 1. The van der Waals surface area contributed by atoms with Crippen molar-refractivity contribution in [3.8, 4) is 0 Å². The lowest BCUT2D eigenvalue weighted by Crippen LogP contribution is -2.53. The fourth-order valence-corrected chi connectivity index (χ4v) is 6.61. The average Bonchev–Trinajstić information content (AvgIpc) is 2.99. The molecular formula is C33H39ClFN3O4S. The quantitative estimate of drug-likeness (QED) is 0.248. The van der Waals surface area contributed by atoms with Crippen LogP contribution in [0.2, 0.25) is 5.02 Å². The molecule has 2 amide bonds. The summed E-state index contributed by atoms with van der Waals surface area (Å²) < 4.78 is 41.3. The molecule has 4 rings (SSSR count). The molecule has 43 heavy (non-hydrogen) atoms. The number of nitrogens with zero attached hydrogens (tertiary/aromatic N) is 2. The summed E-state index contributed by atoms with van der Waals surface area (Å²) in [6.07, 6.45) is 6.53. The first kappa shape index (κ1) is 32.5. The molecule has 0 aromatic heterocycles. The van der Waals surface area contributed by atoms with Crippen molar-refractivity contribution in [2.75, 3.05) is 17.1 Å². The zero-order chi connectivity index (χ0) is 30.8. The number of sulfonamides is 1. The maximum Gasteiger partial charge on any atom is 0.243 e. The lowest BCUT2D eigenvalue weighted by atomic mass is 9.94. The van der Waals surface area contributed by atoms with Gasteiger partial charge >= 0.3 is 0 Å². The number of anilines is 1. The lowest BCUT2D eigenvalue weighted by Gasteiger charge is -2.34. The van der Waals surface area contributed by atoms with Crippen molar-refractivity contribution in [1.82, 2.24) is 10.2 Å². The van der Waals surface area contributed by atoms with Gasteiger partial charge in [-0.2, -0.15) is 0 Å². The fraction of sp³-hybridized carbons (Fsp3) is 0.394. The van der Waals surface area contributed by atoms with Crippen molar-refractivity contribution in [2.45, 2.75) is 70.0 Å². The number of rotatable bonds is 13. The van der Waals surface area contributed by atoms with Crippen molar-refractivity contribution in [3.05, 3.63) is 101 Å². The Balaban J connectivity index is 1.59. The molecule has 0 heterocycles. The Kier molecular flexibility index (Phi) is 11.6. The van der Waals surface area contributed by atoms with E-state index in [2.05, 4.69) is 5.32 Å². The molecule has 1 atom stereocenters. The highest BCUT2D eigenvalue weighted by Crippen LogP contribution is 2.23. The van der Waals surface area contributed by atoms with Gasteiger partial charge in [0.25, 0.3) is 0 Å². The number of nitrogens with one attached hydrogen (secondary N) is 1. The van der Waals surface area contributed by atoms with Crippen LogP contribution in [0.25, 0.3) is 0 Å². The van der Waals surface area contributed by atoms with E-state index < -0.39 is 21.9 Å². The predicted octanol–water partition coefficient (Wildman–Crippen LogP) is 6.11. The molecule has 1 fully saturated rings. The van der Waals surface area contributed by atoms with Crippen LogP contribution in [0.15, 0.2) is 78.9 Å². The molecule has 1 unspecified atom stereocenters. The average molecular weight is 628 g/mol. The molecule has 0 spiro atoms. The molecule has 7 nitrogen and oxygen atoms in total. The van der Waals surface area contributed by atoms with E-state index in [9.17, 15) is 22.4 Å². The fourth-order valence-electron chi connectivity index (χ4n) is 5.52. The topological polar surface area (TPSA) is 86.8 Å². The molecule has 10 heteroatoms. The minimum Gasteiger partial charge on any atom is -0.352 e. The van der Waals surface area contributed by atoms with E-state index >= 15 is 0 Å². The normalized spacial score (nSPS) is 14.6. The Morgan fingerprint density at radius 3 is 2.26 bits per heavy atom.